The number of benzene rings is 2. The lowest BCUT2D eigenvalue weighted by molar-refractivity contribution is 0.0610. The largest absolute Gasteiger partial charge is 0.371 e. The van der Waals surface area contributed by atoms with Crippen LogP contribution in [0, 0.1) is 18.2 Å². The Morgan fingerprint density at radius 2 is 1.76 bits per heavy atom. The van der Waals surface area contributed by atoms with Crippen molar-refractivity contribution in [3.05, 3.63) is 94.6 Å². The number of carbonyl (C=O) groups is 2. The summed E-state index contributed by atoms with van der Waals surface area (Å²) in [6.45, 7) is 5.38. The van der Waals surface area contributed by atoms with Crippen LogP contribution in [-0.2, 0) is 6.42 Å². The minimum absolute atomic E-state index is 0.0490. The maximum atomic E-state index is 14.3. The minimum Gasteiger partial charge on any atom is -0.371 e. The second-order valence-electron chi connectivity index (χ2n) is 11.1. The fraction of sp³-hybridized carbons (Fsp3) is 0.387. The molecule has 0 saturated carbocycles. The summed E-state index contributed by atoms with van der Waals surface area (Å²) < 4.78 is 14.3. The molecule has 196 valence electrons. The van der Waals surface area contributed by atoms with Gasteiger partial charge in [-0.25, -0.2) is 4.39 Å². The molecule has 2 saturated heterocycles. The highest BCUT2D eigenvalue weighted by Crippen LogP contribution is 2.42. The van der Waals surface area contributed by atoms with Crippen LogP contribution in [0.1, 0.15) is 69.1 Å². The Kier molecular flexibility index (Phi) is 6.38. The van der Waals surface area contributed by atoms with Crippen LogP contribution in [0.25, 0.3) is 0 Å². The van der Waals surface area contributed by atoms with Gasteiger partial charge in [-0.05, 0) is 97.5 Å². The van der Waals surface area contributed by atoms with Crippen LogP contribution in [0.5, 0.6) is 0 Å². The van der Waals surface area contributed by atoms with Gasteiger partial charge in [0.25, 0.3) is 11.8 Å². The Morgan fingerprint density at radius 1 is 1.00 bits per heavy atom. The van der Waals surface area contributed by atoms with Gasteiger partial charge in [0.2, 0.25) is 0 Å². The number of anilines is 1. The number of rotatable bonds is 4. The van der Waals surface area contributed by atoms with E-state index in [1.807, 2.05) is 35.5 Å². The average molecular weight is 513 g/mol. The van der Waals surface area contributed by atoms with Gasteiger partial charge in [0.1, 0.15) is 5.82 Å². The van der Waals surface area contributed by atoms with E-state index in [-0.39, 0.29) is 22.9 Å². The highest BCUT2D eigenvalue weighted by molar-refractivity contribution is 5.96. The third kappa shape index (κ3) is 4.66. The van der Waals surface area contributed by atoms with Crippen molar-refractivity contribution in [1.29, 1.82) is 0 Å². The zero-order valence-corrected chi connectivity index (χ0v) is 21.8. The first-order valence-electron chi connectivity index (χ1n) is 13.5. The molecule has 38 heavy (non-hydrogen) atoms. The number of aromatic nitrogens is 1. The van der Waals surface area contributed by atoms with Crippen LogP contribution in [0.15, 0.2) is 60.9 Å². The van der Waals surface area contributed by atoms with E-state index in [1.165, 1.54) is 17.8 Å². The minimum atomic E-state index is -0.515. The van der Waals surface area contributed by atoms with Crippen molar-refractivity contribution >= 4 is 17.5 Å². The predicted octanol–water partition coefficient (Wildman–Crippen LogP) is 5.08. The zero-order valence-electron chi connectivity index (χ0n) is 21.8. The first-order valence-corrected chi connectivity index (χ1v) is 13.5. The third-order valence-electron chi connectivity index (χ3n) is 8.72. The van der Waals surface area contributed by atoms with E-state index in [9.17, 15) is 14.0 Å². The molecular formula is C31H33FN4O2. The highest BCUT2D eigenvalue weighted by Gasteiger charge is 2.41. The summed E-state index contributed by atoms with van der Waals surface area (Å²) in [5.74, 6) is -0.886. The number of hydrogen-bond acceptors (Lipinski definition) is 4. The predicted molar refractivity (Wildman–Crippen MR) is 145 cm³/mol. The first-order chi connectivity index (χ1) is 18.4. The van der Waals surface area contributed by atoms with Crippen LogP contribution in [0.4, 0.5) is 10.1 Å². The highest BCUT2D eigenvalue weighted by atomic mass is 19.1. The molecular weight excluding hydrogens is 479 g/mol. The second-order valence-corrected chi connectivity index (χ2v) is 11.1. The number of nitrogens with zero attached hydrogens (tertiary/aromatic N) is 3. The van der Waals surface area contributed by atoms with E-state index in [4.69, 9.17) is 0 Å². The Labute approximate surface area is 222 Å². The summed E-state index contributed by atoms with van der Waals surface area (Å²) >= 11 is 0. The molecule has 6 rings (SSSR count). The lowest BCUT2D eigenvalue weighted by Gasteiger charge is -2.39. The average Bonchev–Trinajstić information content (AvgIpc) is 3.53. The van der Waals surface area contributed by atoms with E-state index in [2.05, 4.69) is 27.3 Å². The summed E-state index contributed by atoms with van der Waals surface area (Å²) in [6.07, 6.45) is 8.42. The van der Waals surface area contributed by atoms with E-state index in [0.29, 0.717) is 5.56 Å². The first kappa shape index (κ1) is 24.6. The number of nitrogens with one attached hydrogen (secondary N) is 1. The number of hydrogen-bond donors (Lipinski definition) is 1. The standard InChI is InChI=1S/C31H33FN4O2/c1-21-2-6-25(27(32)18-21)29(37)34-28-7-5-22-3-4-23(19-26(22)28)30(38)35-15-10-31(11-16-35)12-17-36(20-31)24-8-13-33-14-9-24/h2-4,6,8-9,13-14,18-19,28H,5,7,10-12,15-17,20H2,1H3,(H,34,37). The molecule has 1 N–H and O–H groups in total. The quantitative estimate of drug-likeness (QED) is 0.530. The summed E-state index contributed by atoms with van der Waals surface area (Å²) in [7, 11) is 0. The molecule has 1 aliphatic carbocycles. The van der Waals surface area contributed by atoms with Crippen LogP contribution >= 0.6 is 0 Å². The molecule has 3 aliphatic rings. The number of aryl methyl sites for hydroxylation is 2. The molecule has 3 aromatic rings. The zero-order chi connectivity index (χ0) is 26.3. The van der Waals surface area contributed by atoms with Crippen LogP contribution in [0.2, 0.25) is 0 Å². The lowest BCUT2D eigenvalue weighted by Crippen LogP contribution is -2.44. The van der Waals surface area contributed by atoms with Gasteiger partial charge in [-0.2, -0.15) is 0 Å². The van der Waals surface area contributed by atoms with Crippen molar-refractivity contribution in [2.24, 2.45) is 5.41 Å². The second kappa shape index (κ2) is 9.86. The molecule has 0 radical (unpaired) electrons. The van der Waals surface area contributed by atoms with Crippen LogP contribution in [0.3, 0.4) is 0 Å². The maximum Gasteiger partial charge on any atom is 0.254 e. The number of pyridine rings is 1. The monoisotopic (exact) mass is 512 g/mol. The van der Waals surface area contributed by atoms with Gasteiger partial charge < -0.3 is 15.1 Å². The van der Waals surface area contributed by atoms with Crippen molar-refractivity contribution in [2.75, 3.05) is 31.1 Å². The van der Waals surface area contributed by atoms with Crippen molar-refractivity contribution < 1.29 is 14.0 Å². The smallest absolute Gasteiger partial charge is 0.254 e. The Balaban J connectivity index is 1.11. The topological polar surface area (TPSA) is 65.5 Å². The fourth-order valence-electron chi connectivity index (χ4n) is 6.41. The van der Waals surface area contributed by atoms with E-state index < -0.39 is 11.7 Å². The molecule has 6 nitrogen and oxygen atoms in total. The van der Waals surface area contributed by atoms with Gasteiger partial charge in [-0.1, -0.05) is 12.1 Å². The molecule has 1 spiro atoms. The molecule has 7 heteroatoms. The van der Waals surface area contributed by atoms with Gasteiger partial charge in [0.05, 0.1) is 11.6 Å². The van der Waals surface area contributed by atoms with Crippen LogP contribution in [-0.4, -0.2) is 47.9 Å². The van der Waals surface area contributed by atoms with Crippen molar-refractivity contribution in [1.82, 2.24) is 15.2 Å². The van der Waals surface area contributed by atoms with E-state index in [0.717, 1.165) is 75.0 Å². The van der Waals surface area contributed by atoms with Crippen LogP contribution < -0.4 is 10.2 Å². The molecule has 2 aliphatic heterocycles. The Bertz CT molecular complexity index is 1370. The molecule has 1 aromatic heterocycles. The molecule has 1 unspecified atom stereocenters. The van der Waals surface area contributed by atoms with Crippen molar-refractivity contribution in [3.8, 4) is 0 Å². The number of carbonyl (C=O) groups excluding carboxylic acids is 2. The maximum absolute atomic E-state index is 14.3. The molecule has 2 amide bonds. The number of amides is 2. The van der Waals surface area contributed by atoms with Gasteiger partial charge in [0.15, 0.2) is 0 Å². The third-order valence-corrected chi connectivity index (χ3v) is 8.72. The van der Waals surface area contributed by atoms with E-state index >= 15 is 0 Å². The summed E-state index contributed by atoms with van der Waals surface area (Å²) in [5.41, 5.74) is 5.07. The number of fused-ring (bicyclic) bond motifs is 1. The molecule has 2 fully saturated rings. The summed E-state index contributed by atoms with van der Waals surface area (Å²) in [4.78, 5) is 34.9. The Morgan fingerprint density at radius 3 is 2.53 bits per heavy atom. The number of piperidine rings is 1. The van der Waals surface area contributed by atoms with E-state index in [1.54, 1.807) is 13.0 Å². The Hall–Kier alpha value is -3.74. The molecule has 0 bridgehead atoms. The van der Waals surface area contributed by atoms with Gasteiger partial charge >= 0.3 is 0 Å². The normalized spacial score (nSPS) is 20.0. The number of halogens is 1. The van der Waals surface area contributed by atoms with Crippen molar-refractivity contribution in [3.63, 3.8) is 0 Å². The molecule has 1 atom stereocenters. The number of likely N-dealkylation sites (tertiary alicyclic amines) is 1. The van der Waals surface area contributed by atoms with Gasteiger partial charge in [0, 0.05) is 49.8 Å². The molecule has 3 heterocycles. The lowest BCUT2D eigenvalue weighted by atomic mass is 9.77. The van der Waals surface area contributed by atoms with Crippen molar-refractivity contribution in [2.45, 2.75) is 45.1 Å². The van der Waals surface area contributed by atoms with Gasteiger partial charge in [-0.15, -0.1) is 0 Å². The summed E-state index contributed by atoms with van der Waals surface area (Å²) in [5, 5.41) is 3.00. The SMILES string of the molecule is Cc1ccc(C(=O)NC2CCc3ccc(C(=O)N4CCC5(CC4)CCN(c4ccncc4)C5)cc32)c(F)c1. The molecule has 2 aromatic carbocycles. The fourth-order valence-corrected chi connectivity index (χ4v) is 6.41. The van der Waals surface area contributed by atoms with Gasteiger partial charge in [-0.3, -0.25) is 14.6 Å². The summed E-state index contributed by atoms with van der Waals surface area (Å²) in [6, 6.07) is 14.4.